The number of benzene rings is 3. The van der Waals surface area contributed by atoms with E-state index >= 15 is 0 Å². The van der Waals surface area contributed by atoms with E-state index in [1.54, 1.807) is 12.1 Å². The van der Waals surface area contributed by atoms with Gasteiger partial charge in [-0.15, -0.1) is 0 Å². The average molecular weight is 443 g/mol. The maximum absolute atomic E-state index is 14.2. The second kappa shape index (κ2) is 9.27. The first kappa shape index (κ1) is 21.0. The zero-order valence-electron chi connectivity index (χ0n) is 16.5. The summed E-state index contributed by atoms with van der Waals surface area (Å²) in [4.78, 5) is 10.7. The van der Waals surface area contributed by atoms with Crippen LogP contribution >= 0.6 is 11.6 Å². The van der Waals surface area contributed by atoms with Crippen LogP contribution in [-0.2, 0) is 11.2 Å². The molecule has 0 amide bonds. The van der Waals surface area contributed by atoms with Crippen LogP contribution in [0, 0.1) is 5.82 Å². The fourth-order valence-corrected chi connectivity index (χ4v) is 3.40. The Kier molecular flexibility index (Phi) is 6.28. The van der Waals surface area contributed by atoms with Crippen LogP contribution in [0.15, 0.2) is 60.7 Å². The van der Waals surface area contributed by atoms with Gasteiger partial charge in [-0.05, 0) is 53.4 Å². The normalized spacial score (nSPS) is 14.8. The monoisotopic (exact) mass is 442 g/mol. The van der Waals surface area contributed by atoms with Crippen LogP contribution in [0.25, 0.3) is 11.1 Å². The first-order valence-corrected chi connectivity index (χ1v) is 10.2. The molecule has 0 bridgehead atoms. The van der Waals surface area contributed by atoms with Gasteiger partial charge in [0.25, 0.3) is 0 Å². The van der Waals surface area contributed by atoms with Gasteiger partial charge in [0, 0.05) is 17.5 Å². The molecule has 3 aromatic carbocycles. The van der Waals surface area contributed by atoms with Crippen molar-refractivity contribution < 1.29 is 28.5 Å². The minimum Gasteiger partial charge on any atom is -0.489 e. The number of ether oxygens (including phenoxy) is 3. The molecule has 31 heavy (non-hydrogen) atoms. The molecule has 0 spiro atoms. The van der Waals surface area contributed by atoms with Crippen LogP contribution in [0.4, 0.5) is 4.39 Å². The molecule has 160 valence electrons. The number of hydrogen-bond donors (Lipinski definition) is 1. The van der Waals surface area contributed by atoms with Gasteiger partial charge in [-0.3, -0.25) is 4.79 Å². The van der Waals surface area contributed by atoms with Crippen LogP contribution in [0.1, 0.15) is 12.0 Å². The quantitative estimate of drug-likeness (QED) is 0.532. The van der Waals surface area contributed by atoms with E-state index in [0.29, 0.717) is 34.4 Å². The number of hydrogen-bond acceptors (Lipinski definition) is 4. The van der Waals surface area contributed by atoms with Gasteiger partial charge in [-0.2, -0.15) is 0 Å². The van der Waals surface area contributed by atoms with Crippen molar-refractivity contribution in [3.8, 4) is 28.4 Å². The lowest BCUT2D eigenvalue weighted by Crippen LogP contribution is -2.34. The van der Waals surface area contributed by atoms with Gasteiger partial charge in [0.05, 0.1) is 0 Å². The molecule has 7 heteroatoms. The van der Waals surface area contributed by atoms with Crippen molar-refractivity contribution in [3.63, 3.8) is 0 Å². The standard InChI is InChI=1S/C24H20ClFO5/c25-18-6-1-15(2-7-18)17-4-9-22-23(11-17)31-20(14-30-22)13-29-19-8-3-16(21(26)12-19)5-10-24(27)28/h1-4,6-9,11-12,20H,5,10,13-14H2,(H,27,28)/t20-/m1/s1. The Labute approximate surface area is 183 Å². The van der Waals surface area contributed by atoms with Gasteiger partial charge in [-0.25, -0.2) is 4.39 Å². The Morgan fingerprint density at radius 2 is 1.84 bits per heavy atom. The summed E-state index contributed by atoms with van der Waals surface area (Å²) in [5.74, 6) is 0.164. The molecule has 3 aromatic rings. The Balaban J connectivity index is 1.39. The van der Waals surface area contributed by atoms with E-state index in [4.69, 9.17) is 30.9 Å². The molecule has 0 fully saturated rings. The van der Waals surface area contributed by atoms with Crippen molar-refractivity contribution in [1.29, 1.82) is 0 Å². The van der Waals surface area contributed by atoms with Crippen molar-refractivity contribution in [2.75, 3.05) is 13.2 Å². The topological polar surface area (TPSA) is 65.0 Å². The molecule has 0 unspecified atom stereocenters. The maximum Gasteiger partial charge on any atom is 0.303 e. The first-order valence-electron chi connectivity index (χ1n) is 9.80. The Bertz CT molecular complexity index is 1080. The van der Waals surface area contributed by atoms with E-state index in [-0.39, 0.29) is 25.6 Å². The summed E-state index contributed by atoms with van der Waals surface area (Å²) in [7, 11) is 0. The van der Waals surface area contributed by atoms with E-state index < -0.39 is 11.8 Å². The van der Waals surface area contributed by atoms with Gasteiger partial charge in [-0.1, -0.05) is 35.9 Å². The van der Waals surface area contributed by atoms with Crippen molar-refractivity contribution in [2.45, 2.75) is 18.9 Å². The summed E-state index contributed by atoms with van der Waals surface area (Å²) in [6.07, 6.45) is -0.349. The average Bonchev–Trinajstić information content (AvgIpc) is 2.77. The third-order valence-electron chi connectivity index (χ3n) is 4.91. The Hall–Kier alpha value is -3.25. The van der Waals surface area contributed by atoms with Crippen LogP contribution in [0.3, 0.4) is 0 Å². The smallest absolute Gasteiger partial charge is 0.303 e. The number of aliphatic carboxylic acids is 1. The first-order chi connectivity index (χ1) is 15.0. The zero-order valence-corrected chi connectivity index (χ0v) is 17.3. The number of halogens is 2. The number of fused-ring (bicyclic) bond motifs is 1. The van der Waals surface area contributed by atoms with Crippen LogP contribution in [0.2, 0.25) is 5.02 Å². The Morgan fingerprint density at radius 3 is 2.58 bits per heavy atom. The van der Waals surface area contributed by atoms with Gasteiger partial charge in [0.15, 0.2) is 17.6 Å². The predicted molar refractivity (Wildman–Crippen MR) is 115 cm³/mol. The number of carboxylic acids is 1. The fraction of sp³-hybridized carbons (Fsp3) is 0.208. The summed E-state index contributed by atoms with van der Waals surface area (Å²) >= 11 is 5.96. The van der Waals surface area contributed by atoms with Crippen LogP contribution in [0.5, 0.6) is 17.2 Å². The van der Waals surface area contributed by atoms with Gasteiger partial charge >= 0.3 is 5.97 Å². The van der Waals surface area contributed by atoms with Crippen molar-refractivity contribution in [1.82, 2.24) is 0 Å². The molecular weight excluding hydrogens is 423 g/mol. The van der Waals surface area contributed by atoms with Crippen molar-refractivity contribution in [2.24, 2.45) is 0 Å². The van der Waals surface area contributed by atoms with Gasteiger partial charge in [0.2, 0.25) is 0 Å². The summed E-state index contributed by atoms with van der Waals surface area (Å²) in [5, 5.41) is 9.40. The highest BCUT2D eigenvalue weighted by Gasteiger charge is 2.22. The molecule has 1 aliphatic heterocycles. The zero-order chi connectivity index (χ0) is 21.8. The summed E-state index contributed by atoms with van der Waals surface area (Å²) in [5.41, 5.74) is 2.32. The summed E-state index contributed by atoms with van der Waals surface area (Å²) in [6.45, 7) is 0.491. The Morgan fingerprint density at radius 1 is 1.06 bits per heavy atom. The van der Waals surface area contributed by atoms with Gasteiger partial charge < -0.3 is 19.3 Å². The number of aryl methyl sites for hydroxylation is 1. The number of carbonyl (C=O) groups is 1. The molecule has 0 aromatic heterocycles. The van der Waals surface area contributed by atoms with Crippen molar-refractivity contribution >= 4 is 17.6 Å². The highest BCUT2D eigenvalue weighted by atomic mass is 35.5. The molecule has 0 saturated heterocycles. The third-order valence-corrected chi connectivity index (χ3v) is 5.16. The van der Waals surface area contributed by atoms with E-state index in [1.165, 1.54) is 6.07 Å². The predicted octanol–water partition coefficient (Wildman–Crippen LogP) is 5.38. The lowest BCUT2D eigenvalue weighted by Gasteiger charge is -2.27. The highest BCUT2D eigenvalue weighted by molar-refractivity contribution is 6.30. The minimum atomic E-state index is -0.964. The SMILES string of the molecule is O=C(O)CCc1ccc(OC[C@@H]2COc3ccc(-c4ccc(Cl)cc4)cc3O2)cc1F. The number of carboxylic acid groups (broad SMARTS) is 1. The molecule has 0 saturated carbocycles. The maximum atomic E-state index is 14.2. The lowest BCUT2D eigenvalue weighted by atomic mass is 10.1. The number of rotatable bonds is 7. The van der Waals surface area contributed by atoms with Crippen molar-refractivity contribution in [3.05, 3.63) is 77.1 Å². The van der Waals surface area contributed by atoms with E-state index in [2.05, 4.69) is 0 Å². The fourth-order valence-electron chi connectivity index (χ4n) is 3.27. The van der Waals surface area contributed by atoms with E-state index in [9.17, 15) is 9.18 Å². The summed E-state index contributed by atoms with van der Waals surface area (Å²) < 4.78 is 31.6. The van der Waals surface area contributed by atoms with Gasteiger partial charge in [0.1, 0.15) is 24.8 Å². The van der Waals surface area contributed by atoms with E-state index in [1.807, 2.05) is 42.5 Å². The van der Waals surface area contributed by atoms with Crippen LogP contribution < -0.4 is 14.2 Å². The lowest BCUT2D eigenvalue weighted by molar-refractivity contribution is -0.136. The third kappa shape index (κ3) is 5.27. The largest absolute Gasteiger partial charge is 0.489 e. The molecule has 1 atom stereocenters. The molecule has 1 heterocycles. The second-order valence-electron chi connectivity index (χ2n) is 7.18. The molecule has 0 aliphatic carbocycles. The molecular formula is C24H20ClFO5. The molecule has 1 aliphatic rings. The summed E-state index contributed by atoms with van der Waals surface area (Å²) in [6, 6.07) is 17.7. The highest BCUT2D eigenvalue weighted by Crippen LogP contribution is 2.36. The molecule has 5 nitrogen and oxygen atoms in total. The minimum absolute atomic E-state index is 0.123. The molecule has 0 radical (unpaired) electrons. The molecule has 1 N–H and O–H groups in total. The molecule has 4 rings (SSSR count). The second-order valence-corrected chi connectivity index (χ2v) is 7.61. The van der Waals surface area contributed by atoms with Crippen LogP contribution in [-0.4, -0.2) is 30.4 Å². The van der Waals surface area contributed by atoms with E-state index in [0.717, 1.165) is 11.1 Å².